The van der Waals surface area contributed by atoms with E-state index in [9.17, 15) is 16.8 Å². The predicted molar refractivity (Wildman–Crippen MR) is 192 cm³/mol. The van der Waals surface area contributed by atoms with Crippen LogP contribution in [0.15, 0.2) is 29.9 Å². The first-order chi connectivity index (χ1) is 21.2. The molecule has 14 nitrogen and oxygen atoms in total. The number of sulfonamides is 2. The van der Waals surface area contributed by atoms with E-state index in [0.717, 1.165) is 39.3 Å². The second-order valence-corrected chi connectivity index (χ2v) is 16.7. The van der Waals surface area contributed by atoms with E-state index >= 15 is 0 Å². The summed E-state index contributed by atoms with van der Waals surface area (Å²) in [4.78, 5) is 17.6. The van der Waals surface area contributed by atoms with Crippen LogP contribution in [0.25, 0.3) is 0 Å². The number of aromatic nitrogens is 4. The number of pyridine rings is 1. The van der Waals surface area contributed by atoms with Gasteiger partial charge in [-0.15, -0.1) is 11.3 Å². The maximum atomic E-state index is 11.4. The molecule has 0 radical (unpaired) electrons. The number of nitrogens with zero attached hydrogens (tertiary/aromatic N) is 6. The number of rotatable bonds is 14. The van der Waals surface area contributed by atoms with Gasteiger partial charge >= 0.3 is 0 Å². The highest BCUT2D eigenvalue weighted by atomic mass is 32.2. The molecule has 4 N–H and O–H groups in total. The summed E-state index contributed by atoms with van der Waals surface area (Å²) in [5.41, 5.74) is 3.44. The molecular formula is C29H54N10O4S3. The van der Waals surface area contributed by atoms with E-state index in [1.54, 1.807) is 35.9 Å². The molecule has 0 spiro atoms. The van der Waals surface area contributed by atoms with Crippen molar-refractivity contribution in [3.8, 4) is 0 Å². The monoisotopic (exact) mass is 702 g/mol. The van der Waals surface area contributed by atoms with Crippen molar-refractivity contribution < 1.29 is 16.8 Å². The van der Waals surface area contributed by atoms with Crippen molar-refractivity contribution in [2.45, 2.75) is 79.3 Å². The molecule has 3 heterocycles. The summed E-state index contributed by atoms with van der Waals surface area (Å²) in [6, 6.07) is 4.72. The highest BCUT2D eigenvalue weighted by molar-refractivity contribution is 7.92. The molecule has 3 aromatic rings. The van der Waals surface area contributed by atoms with Crippen molar-refractivity contribution in [3.63, 3.8) is 0 Å². The molecule has 46 heavy (non-hydrogen) atoms. The van der Waals surface area contributed by atoms with E-state index in [0.29, 0.717) is 42.9 Å². The Morgan fingerprint density at radius 1 is 0.783 bits per heavy atom. The Morgan fingerprint density at radius 2 is 1.30 bits per heavy atom. The molecule has 0 saturated carbocycles. The Kier molecular flexibility index (Phi) is 17.1. The molecule has 0 atom stereocenters. The van der Waals surface area contributed by atoms with Gasteiger partial charge in [-0.05, 0) is 12.1 Å². The van der Waals surface area contributed by atoms with E-state index in [4.69, 9.17) is 0 Å². The average Bonchev–Trinajstić information content (AvgIpc) is 3.63. The first-order valence-electron chi connectivity index (χ1n) is 14.9. The van der Waals surface area contributed by atoms with Gasteiger partial charge in [0.25, 0.3) is 0 Å². The van der Waals surface area contributed by atoms with E-state index in [1.165, 1.54) is 24.7 Å². The van der Waals surface area contributed by atoms with Gasteiger partial charge in [0.2, 0.25) is 26.0 Å². The molecule has 3 rings (SSSR count). The van der Waals surface area contributed by atoms with Crippen molar-refractivity contribution in [1.82, 2.24) is 35.9 Å². The second-order valence-electron chi connectivity index (χ2n) is 11.8. The zero-order chi connectivity index (χ0) is 35.2. The molecule has 0 unspecified atom stereocenters. The van der Waals surface area contributed by atoms with Gasteiger partial charge in [-0.1, -0.05) is 41.5 Å². The summed E-state index contributed by atoms with van der Waals surface area (Å²) < 4.78 is 47.7. The average molecular weight is 703 g/mol. The van der Waals surface area contributed by atoms with Crippen LogP contribution in [-0.2, 0) is 39.7 Å². The van der Waals surface area contributed by atoms with Crippen LogP contribution in [0, 0.1) is 0 Å². The predicted octanol–water partition coefficient (Wildman–Crippen LogP) is 2.99. The highest BCUT2D eigenvalue weighted by Gasteiger charge is 2.15. The number of aromatic amines is 1. The van der Waals surface area contributed by atoms with Crippen molar-refractivity contribution in [2.24, 2.45) is 0 Å². The molecule has 0 amide bonds. The van der Waals surface area contributed by atoms with E-state index < -0.39 is 20.0 Å². The first-order valence-corrected chi connectivity index (χ1v) is 19.5. The van der Waals surface area contributed by atoms with Gasteiger partial charge in [0, 0.05) is 77.5 Å². The van der Waals surface area contributed by atoms with E-state index in [-0.39, 0.29) is 0 Å². The first kappa shape index (κ1) is 41.2. The van der Waals surface area contributed by atoms with Gasteiger partial charge in [-0.25, -0.2) is 31.1 Å². The lowest BCUT2D eigenvalue weighted by molar-refractivity contribution is 0.581. The minimum absolute atomic E-state index is 0.336. The quantitative estimate of drug-likeness (QED) is 0.195. The number of anilines is 3. The van der Waals surface area contributed by atoms with Crippen molar-refractivity contribution in [1.29, 1.82) is 0 Å². The maximum absolute atomic E-state index is 11.4. The normalized spacial score (nSPS) is 11.6. The molecule has 0 aromatic carbocycles. The van der Waals surface area contributed by atoms with Gasteiger partial charge in [-0.3, -0.25) is 9.29 Å². The van der Waals surface area contributed by atoms with Gasteiger partial charge in [-0.2, -0.15) is 0 Å². The second kappa shape index (κ2) is 19.1. The van der Waals surface area contributed by atoms with Crippen LogP contribution in [-0.4, -0.2) is 95.6 Å². The fraction of sp³-hybridized carbons (Fsp3) is 0.621. The summed E-state index contributed by atoms with van der Waals surface area (Å²) >= 11 is 1.68. The van der Waals surface area contributed by atoms with Crippen molar-refractivity contribution >= 4 is 48.2 Å². The van der Waals surface area contributed by atoms with Crippen LogP contribution in [0.5, 0.6) is 0 Å². The molecule has 17 heteroatoms. The molecule has 0 fully saturated rings. The van der Waals surface area contributed by atoms with Gasteiger partial charge in [0.1, 0.15) is 0 Å². The summed E-state index contributed by atoms with van der Waals surface area (Å²) in [6.45, 7) is 14.6. The molecule has 262 valence electrons. The standard InChI is InChI=1S/C11H19N3O2S.C9H18N4O2S.C9H17N3S/c1-9(2)13-8-10-7-11(5-6-12-10)14(3)17(4,15)16;1-7(2)10-5-8-6-11-9(12-8)13(3)16(4,14)15;1-7(2)10-5-8-6-13-9(11-8)12(3)4/h5-7,9,13H,8H2,1-4H3;6-7,10H,5H2,1-4H3,(H,11,12);6-7,10H,5H2,1-4H3. The summed E-state index contributed by atoms with van der Waals surface area (Å²) in [5, 5.41) is 13.0. The van der Waals surface area contributed by atoms with Gasteiger partial charge in [0.15, 0.2) is 5.13 Å². The number of imidazole rings is 1. The summed E-state index contributed by atoms with van der Waals surface area (Å²) in [7, 11) is 0.550. The molecule has 3 aromatic heterocycles. The van der Waals surface area contributed by atoms with E-state index in [1.807, 2.05) is 46.7 Å². The van der Waals surface area contributed by atoms with Crippen LogP contribution >= 0.6 is 11.3 Å². The topological polar surface area (TPSA) is 169 Å². The summed E-state index contributed by atoms with van der Waals surface area (Å²) in [6.07, 6.45) is 5.57. The number of thiazole rings is 1. The Morgan fingerprint density at radius 3 is 1.78 bits per heavy atom. The lowest BCUT2D eigenvalue weighted by atomic mass is 10.3. The van der Waals surface area contributed by atoms with Crippen LogP contribution in [0.1, 0.15) is 58.6 Å². The smallest absolute Gasteiger partial charge is 0.234 e. The van der Waals surface area contributed by atoms with Crippen LogP contribution in [0.4, 0.5) is 16.8 Å². The molecule has 0 bridgehead atoms. The highest BCUT2D eigenvalue weighted by Crippen LogP contribution is 2.18. The van der Waals surface area contributed by atoms with Gasteiger partial charge in [0.05, 0.1) is 41.5 Å². The van der Waals surface area contributed by atoms with Crippen LogP contribution < -0.4 is 29.5 Å². The minimum Gasteiger partial charge on any atom is -0.354 e. The molecular weight excluding hydrogens is 649 g/mol. The maximum Gasteiger partial charge on any atom is 0.234 e. The molecule has 0 aliphatic rings. The minimum atomic E-state index is -3.25. The number of H-pyrrole nitrogens is 1. The third kappa shape index (κ3) is 16.1. The van der Waals surface area contributed by atoms with Gasteiger partial charge < -0.3 is 25.8 Å². The fourth-order valence-electron chi connectivity index (χ4n) is 3.22. The van der Waals surface area contributed by atoms with E-state index in [2.05, 4.69) is 55.1 Å². The Hall–Kier alpha value is -2.83. The van der Waals surface area contributed by atoms with Crippen LogP contribution in [0.3, 0.4) is 0 Å². The Labute approximate surface area is 280 Å². The molecule has 0 saturated heterocycles. The lowest BCUT2D eigenvalue weighted by Crippen LogP contribution is -2.26. The fourth-order valence-corrected chi connectivity index (χ4v) is 4.88. The van der Waals surface area contributed by atoms with Crippen molar-refractivity contribution in [2.75, 3.05) is 54.2 Å². The largest absolute Gasteiger partial charge is 0.354 e. The lowest BCUT2D eigenvalue weighted by Gasteiger charge is -2.17. The number of hydrogen-bond acceptors (Lipinski definition) is 12. The van der Waals surface area contributed by atoms with Crippen molar-refractivity contribution in [3.05, 3.63) is 47.0 Å². The SMILES string of the molecule is CC(C)NCc1cc(N(C)S(C)(=O)=O)ccn1.CC(C)NCc1cnc(N(C)S(C)(=O)=O)[nH]1.CC(C)NCc1csc(N(C)C)n1. The zero-order valence-electron chi connectivity index (χ0n) is 29.3. The third-order valence-electron chi connectivity index (χ3n) is 6.08. The van der Waals surface area contributed by atoms with Crippen LogP contribution in [0.2, 0.25) is 0 Å². The Bertz CT molecular complexity index is 1520. The summed E-state index contributed by atoms with van der Waals surface area (Å²) in [5.74, 6) is 0.336. The molecule has 0 aliphatic heterocycles. The number of nitrogens with one attached hydrogen (secondary N) is 4. The third-order valence-corrected chi connectivity index (χ3v) is 9.51. The number of hydrogen-bond donors (Lipinski definition) is 4. The zero-order valence-corrected chi connectivity index (χ0v) is 31.7. The molecule has 0 aliphatic carbocycles. The Balaban J connectivity index is 0.000000348.